The second-order valence-electron chi connectivity index (χ2n) is 5.53. The van der Waals surface area contributed by atoms with Gasteiger partial charge in [0.1, 0.15) is 0 Å². The van der Waals surface area contributed by atoms with E-state index in [1.165, 1.54) is 6.07 Å². The van der Waals surface area contributed by atoms with E-state index < -0.39 is 11.7 Å². The molecule has 2 aromatic rings. The Morgan fingerprint density at radius 1 is 0.818 bits per heavy atom. The number of hydrogen-bond acceptors (Lipinski definition) is 2. The first-order chi connectivity index (χ1) is 10.2. The normalized spacial score (nSPS) is 11.3. The Bertz CT molecular complexity index is 546. The summed E-state index contributed by atoms with van der Waals surface area (Å²) in [6, 6.07) is 8.47. The van der Waals surface area contributed by atoms with E-state index in [9.17, 15) is 13.2 Å². The van der Waals surface area contributed by atoms with E-state index in [0.717, 1.165) is 18.0 Å². The molecule has 0 aliphatic heterocycles. The first-order valence-electron chi connectivity index (χ1n) is 7.16. The first-order valence-corrected chi connectivity index (χ1v) is 7.16. The highest BCUT2D eigenvalue weighted by Gasteiger charge is 2.30. The third-order valence-electron chi connectivity index (χ3n) is 2.98. The second kappa shape index (κ2) is 7.92. The Balaban J connectivity index is 0.000000235. The molecule has 2 rings (SSSR count). The molecule has 0 aliphatic rings. The van der Waals surface area contributed by atoms with E-state index in [1.54, 1.807) is 0 Å². The van der Waals surface area contributed by atoms with Crippen molar-refractivity contribution in [3.05, 3.63) is 59.7 Å². The van der Waals surface area contributed by atoms with Crippen LogP contribution in [-0.2, 0) is 6.18 Å². The summed E-state index contributed by atoms with van der Waals surface area (Å²) in [7, 11) is 0. The van der Waals surface area contributed by atoms with Gasteiger partial charge in [-0.05, 0) is 36.1 Å². The average Bonchev–Trinajstić information content (AvgIpc) is 2.48. The Morgan fingerprint density at radius 2 is 1.41 bits per heavy atom. The minimum absolute atomic E-state index is 0.155. The summed E-state index contributed by atoms with van der Waals surface area (Å²) in [5, 5.41) is 0. The summed E-state index contributed by atoms with van der Waals surface area (Å²) in [6.07, 6.45) is -1.59. The van der Waals surface area contributed by atoms with Gasteiger partial charge in [0.25, 0.3) is 0 Å². The Hall–Kier alpha value is -1.91. The maximum Gasteiger partial charge on any atom is 0.417 e. The van der Waals surface area contributed by atoms with Crippen molar-refractivity contribution in [2.24, 2.45) is 0 Å². The Kier molecular flexibility index (Phi) is 6.53. The van der Waals surface area contributed by atoms with Crippen LogP contribution in [0.4, 0.5) is 13.2 Å². The quantitative estimate of drug-likeness (QED) is 0.739. The van der Waals surface area contributed by atoms with Gasteiger partial charge in [0, 0.05) is 23.8 Å². The lowest BCUT2D eigenvalue weighted by Gasteiger charge is -2.08. The van der Waals surface area contributed by atoms with Gasteiger partial charge < -0.3 is 0 Å². The van der Waals surface area contributed by atoms with Gasteiger partial charge in [-0.3, -0.25) is 9.97 Å². The summed E-state index contributed by atoms with van der Waals surface area (Å²) in [4.78, 5) is 7.90. The third-order valence-corrected chi connectivity index (χ3v) is 2.98. The van der Waals surface area contributed by atoms with Gasteiger partial charge in [-0.15, -0.1) is 0 Å². The third kappa shape index (κ3) is 5.84. The number of halogens is 3. The predicted molar refractivity (Wildman–Crippen MR) is 81.7 cm³/mol. The molecule has 2 nitrogen and oxygen atoms in total. The van der Waals surface area contributed by atoms with Crippen LogP contribution in [0.25, 0.3) is 0 Å². The van der Waals surface area contributed by atoms with Crippen LogP contribution in [0.5, 0.6) is 0 Å². The van der Waals surface area contributed by atoms with E-state index in [1.807, 2.05) is 38.2 Å². The highest BCUT2D eigenvalue weighted by molar-refractivity contribution is 5.18. The molecular formula is C17H21F3N2. The molecular weight excluding hydrogens is 289 g/mol. The van der Waals surface area contributed by atoms with Crippen LogP contribution in [0.3, 0.4) is 0 Å². The number of rotatable bonds is 2. The van der Waals surface area contributed by atoms with Crippen LogP contribution in [0.15, 0.2) is 42.7 Å². The molecule has 0 spiro atoms. The lowest BCUT2D eigenvalue weighted by molar-refractivity contribution is -0.137. The minimum atomic E-state index is -4.29. The van der Waals surface area contributed by atoms with Crippen molar-refractivity contribution in [3.63, 3.8) is 0 Å². The maximum absolute atomic E-state index is 12.1. The Morgan fingerprint density at radius 3 is 1.73 bits per heavy atom. The Labute approximate surface area is 129 Å². The molecule has 2 heterocycles. The van der Waals surface area contributed by atoms with E-state index in [-0.39, 0.29) is 5.92 Å². The average molecular weight is 310 g/mol. The topological polar surface area (TPSA) is 25.8 Å². The first kappa shape index (κ1) is 18.1. The molecule has 0 N–H and O–H groups in total. The van der Waals surface area contributed by atoms with Crippen molar-refractivity contribution in [2.75, 3.05) is 0 Å². The molecule has 0 unspecified atom stereocenters. The molecule has 2 aromatic heterocycles. The summed E-state index contributed by atoms with van der Waals surface area (Å²) in [6.45, 7) is 8.05. The standard InChI is InChI=1S/C9H10F3N.C8H11N/c1-6(2)8-4-3-7(5-13-8)9(10,11)12;1-7(2)8-5-3-4-6-9-8/h3-6H,1-2H3;3-7H,1-2H3. The van der Waals surface area contributed by atoms with E-state index in [4.69, 9.17) is 0 Å². The van der Waals surface area contributed by atoms with E-state index in [2.05, 4.69) is 23.8 Å². The van der Waals surface area contributed by atoms with Crippen molar-refractivity contribution >= 4 is 0 Å². The number of pyridine rings is 2. The molecule has 0 saturated heterocycles. The van der Waals surface area contributed by atoms with Crippen LogP contribution < -0.4 is 0 Å². The summed E-state index contributed by atoms with van der Waals surface area (Å²) in [5.41, 5.74) is 1.14. The van der Waals surface area contributed by atoms with Crippen LogP contribution >= 0.6 is 0 Å². The van der Waals surface area contributed by atoms with Crippen LogP contribution in [0, 0.1) is 0 Å². The van der Waals surface area contributed by atoms with Crippen LogP contribution in [0.2, 0.25) is 0 Å². The molecule has 5 heteroatoms. The zero-order valence-electron chi connectivity index (χ0n) is 13.2. The monoisotopic (exact) mass is 310 g/mol. The number of hydrogen-bond donors (Lipinski definition) is 0. The van der Waals surface area contributed by atoms with Gasteiger partial charge in [0.15, 0.2) is 0 Å². The van der Waals surface area contributed by atoms with Crippen molar-refractivity contribution < 1.29 is 13.2 Å². The lowest BCUT2D eigenvalue weighted by Crippen LogP contribution is -2.06. The van der Waals surface area contributed by atoms with E-state index in [0.29, 0.717) is 11.6 Å². The minimum Gasteiger partial charge on any atom is -0.261 e. The second-order valence-corrected chi connectivity index (χ2v) is 5.53. The van der Waals surface area contributed by atoms with Gasteiger partial charge >= 0.3 is 6.18 Å². The summed E-state index contributed by atoms with van der Waals surface area (Å²) in [5.74, 6) is 0.702. The van der Waals surface area contributed by atoms with E-state index >= 15 is 0 Å². The number of nitrogens with zero attached hydrogens (tertiary/aromatic N) is 2. The molecule has 22 heavy (non-hydrogen) atoms. The molecule has 0 atom stereocenters. The fraction of sp³-hybridized carbons (Fsp3) is 0.412. The van der Waals surface area contributed by atoms with Crippen molar-refractivity contribution in [2.45, 2.75) is 45.7 Å². The van der Waals surface area contributed by atoms with Crippen LogP contribution in [0.1, 0.15) is 56.5 Å². The number of aromatic nitrogens is 2. The fourth-order valence-corrected chi connectivity index (χ4v) is 1.63. The zero-order valence-corrected chi connectivity index (χ0v) is 13.2. The summed E-state index contributed by atoms with van der Waals surface area (Å²) < 4.78 is 36.2. The lowest BCUT2D eigenvalue weighted by atomic mass is 10.1. The van der Waals surface area contributed by atoms with Crippen molar-refractivity contribution in [1.82, 2.24) is 9.97 Å². The molecule has 120 valence electrons. The highest BCUT2D eigenvalue weighted by Crippen LogP contribution is 2.28. The molecule has 0 saturated carbocycles. The molecule has 0 radical (unpaired) electrons. The highest BCUT2D eigenvalue weighted by atomic mass is 19.4. The van der Waals surface area contributed by atoms with Gasteiger partial charge in [0.2, 0.25) is 0 Å². The van der Waals surface area contributed by atoms with Crippen molar-refractivity contribution in [1.29, 1.82) is 0 Å². The SMILES string of the molecule is CC(C)c1ccc(C(F)(F)F)cn1.CC(C)c1ccccn1. The molecule has 0 amide bonds. The van der Waals surface area contributed by atoms with Gasteiger partial charge in [-0.25, -0.2) is 0 Å². The van der Waals surface area contributed by atoms with Crippen molar-refractivity contribution in [3.8, 4) is 0 Å². The fourth-order valence-electron chi connectivity index (χ4n) is 1.63. The summed E-state index contributed by atoms with van der Waals surface area (Å²) >= 11 is 0. The zero-order chi connectivity index (χ0) is 16.8. The smallest absolute Gasteiger partial charge is 0.261 e. The maximum atomic E-state index is 12.1. The number of alkyl halides is 3. The van der Waals surface area contributed by atoms with Gasteiger partial charge in [-0.2, -0.15) is 13.2 Å². The van der Waals surface area contributed by atoms with Crippen LogP contribution in [-0.4, -0.2) is 9.97 Å². The molecule has 0 aliphatic carbocycles. The molecule has 0 bridgehead atoms. The van der Waals surface area contributed by atoms with Gasteiger partial charge in [0.05, 0.1) is 5.56 Å². The largest absolute Gasteiger partial charge is 0.417 e. The predicted octanol–water partition coefficient (Wildman–Crippen LogP) is 5.43. The molecule has 0 aromatic carbocycles. The van der Waals surface area contributed by atoms with Gasteiger partial charge in [-0.1, -0.05) is 33.8 Å². The molecule has 0 fully saturated rings.